The van der Waals surface area contributed by atoms with Crippen molar-refractivity contribution in [2.24, 2.45) is 5.41 Å². The summed E-state index contributed by atoms with van der Waals surface area (Å²) < 4.78 is 0.892. The number of likely N-dealkylation sites (N-methyl/N-ethyl adjacent to an activating group) is 1. The number of carbonyl (C=O) groups excluding carboxylic acids is 1. The number of nitrogens with zero attached hydrogens (tertiary/aromatic N) is 3. The van der Waals surface area contributed by atoms with Crippen LogP contribution in [0.15, 0.2) is 16.7 Å². The van der Waals surface area contributed by atoms with Crippen LogP contribution in [0.3, 0.4) is 0 Å². The van der Waals surface area contributed by atoms with E-state index in [1.165, 1.54) is 0 Å². The molecular weight excluding hydrogens is 294 g/mol. The number of pyridine rings is 1. The molecule has 0 radical (unpaired) electrons. The summed E-state index contributed by atoms with van der Waals surface area (Å²) >= 11 is 3.42. The molecule has 0 fully saturated rings. The van der Waals surface area contributed by atoms with Crippen LogP contribution in [0.25, 0.3) is 0 Å². The Morgan fingerprint density at radius 2 is 2.06 bits per heavy atom. The average molecular weight is 312 g/mol. The standard InChI is InChI=1S/C13H18BrN3O/c1-13(2,3)12(18)17-6-5-16(4)11-10(17)7-9(14)8-15-11/h7-8H,5-6H2,1-4H3. The molecule has 4 nitrogen and oxygen atoms in total. The van der Waals surface area contributed by atoms with Crippen molar-refractivity contribution in [3.63, 3.8) is 0 Å². The fourth-order valence-corrected chi connectivity index (χ4v) is 2.33. The molecule has 0 atom stereocenters. The monoisotopic (exact) mass is 311 g/mol. The largest absolute Gasteiger partial charge is 0.356 e. The minimum Gasteiger partial charge on any atom is -0.356 e. The molecule has 0 saturated carbocycles. The molecule has 1 aliphatic heterocycles. The van der Waals surface area contributed by atoms with Crippen molar-refractivity contribution in [2.75, 3.05) is 29.9 Å². The van der Waals surface area contributed by atoms with Gasteiger partial charge in [-0.05, 0) is 22.0 Å². The lowest BCUT2D eigenvalue weighted by Gasteiger charge is -2.37. The molecular formula is C13H18BrN3O. The number of hydrogen-bond donors (Lipinski definition) is 0. The first-order valence-electron chi connectivity index (χ1n) is 5.99. The molecule has 0 aromatic carbocycles. The molecule has 0 bridgehead atoms. The molecule has 98 valence electrons. The molecule has 0 aliphatic carbocycles. The number of rotatable bonds is 0. The number of halogens is 1. The Bertz CT molecular complexity index is 482. The first-order chi connectivity index (χ1) is 8.30. The van der Waals surface area contributed by atoms with Crippen molar-refractivity contribution in [3.05, 3.63) is 16.7 Å². The molecule has 1 aromatic rings. The molecule has 1 aliphatic rings. The Labute approximate surface area is 116 Å². The van der Waals surface area contributed by atoms with Gasteiger partial charge in [-0.25, -0.2) is 4.98 Å². The van der Waals surface area contributed by atoms with E-state index in [0.717, 1.165) is 22.5 Å². The van der Waals surface area contributed by atoms with Crippen molar-refractivity contribution in [2.45, 2.75) is 20.8 Å². The molecule has 2 rings (SSSR count). The Hall–Kier alpha value is -1.10. The van der Waals surface area contributed by atoms with Gasteiger partial charge in [0.25, 0.3) is 0 Å². The van der Waals surface area contributed by atoms with Crippen LogP contribution in [0.2, 0.25) is 0 Å². The van der Waals surface area contributed by atoms with E-state index >= 15 is 0 Å². The molecule has 0 N–H and O–H groups in total. The predicted molar refractivity (Wildman–Crippen MR) is 77.0 cm³/mol. The maximum Gasteiger partial charge on any atom is 0.232 e. The fraction of sp³-hybridized carbons (Fsp3) is 0.538. The smallest absolute Gasteiger partial charge is 0.232 e. The van der Waals surface area contributed by atoms with Gasteiger partial charge in [0.05, 0.1) is 5.69 Å². The number of fused-ring (bicyclic) bond motifs is 1. The highest BCUT2D eigenvalue weighted by Crippen LogP contribution is 2.34. The van der Waals surface area contributed by atoms with Crippen LogP contribution >= 0.6 is 15.9 Å². The topological polar surface area (TPSA) is 36.4 Å². The Morgan fingerprint density at radius 3 is 2.67 bits per heavy atom. The van der Waals surface area contributed by atoms with Crippen LogP contribution in [0.4, 0.5) is 11.5 Å². The van der Waals surface area contributed by atoms with Crippen LogP contribution in [0.5, 0.6) is 0 Å². The summed E-state index contributed by atoms with van der Waals surface area (Å²) in [6.45, 7) is 7.34. The molecule has 0 spiro atoms. The van der Waals surface area contributed by atoms with E-state index in [2.05, 4.69) is 25.8 Å². The Balaban J connectivity index is 2.46. The number of aromatic nitrogens is 1. The van der Waals surface area contributed by atoms with Gasteiger partial charge in [-0.3, -0.25) is 4.79 Å². The Kier molecular flexibility index (Phi) is 3.36. The van der Waals surface area contributed by atoms with Gasteiger partial charge in [-0.2, -0.15) is 0 Å². The van der Waals surface area contributed by atoms with Crippen LogP contribution < -0.4 is 9.80 Å². The van der Waals surface area contributed by atoms with E-state index in [4.69, 9.17) is 0 Å². The van der Waals surface area contributed by atoms with Crippen LogP contribution in [-0.2, 0) is 4.79 Å². The second-order valence-electron chi connectivity index (χ2n) is 5.62. The summed E-state index contributed by atoms with van der Waals surface area (Å²) in [5.74, 6) is 0.999. The second kappa shape index (κ2) is 4.53. The molecule has 0 saturated heterocycles. The van der Waals surface area contributed by atoms with E-state index in [-0.39, 0.29) is 11.3 Å². The van der Waals surface area contributed by atoms with Crippen LogP contribution in [0, 0.1) is 5.41 Å². The van der Waals surface area contributed by atoms with Crippen molar-refractivity contribution in [1.82, 2.24) is 4.98 Å². The van der Waals surface area contributed by atoms with E-state index in [9.17, 15) is 4.79 Å². The van der Waals surface area contributed by atoms with Gasteiger partial charge in [0.2, 0.25) is 5.91 Å². The van der Waals surface area contributed by atoms with Gasteiger partial charge in [-0.15, -0.1) is 0 Å². The van der Waals surface area contributed by atoms with E-state index in [1.807, 2.05) is 38.8 Å². The Morgan fingerprint density at radius 1 is 1.39 bits per heavy atom. The van der Waals surface area contributed by atoms with E-state index < -0.39 is 0 Å². The zero-order valence-corrected chi connectivity index (χ0v) is 12.8. The van der Waals surface area contributed by atoms with Crippen molar-refractivity contribution >= 4 is 33.3 Å². The first kappa shape index (κ1) is 13.3. The summed E-state index contributed by atoms with van der Waals surface area (Å²) in [6, 6.07) is 1.96. The summed E-state index contributed by atoms with van der Waals surface area (Å²) in [5, 5.41) is 0. The van der Waals surface area contributed by atoms with Crippen LogP contribution in [0.1, 0.15) is 20.8 Å². The third-order valence-electron chi connectivity index (χ3n) is 3.01. The SMILES string of the molecule is CN1CCN(C(=O)C(C)(C)C)c2cc(Br)cnc21. The maximum atomic E-state index is 12.5. The lowest BCUT2D eigenvalue weighted by molar-refractivity contribution is -0.125. The molecule has 1 amide bonds. The highest BCUT2D eigenvalue weighted by molar-refractivity contribution is 9.10. The zero-order valence-electron chi connectivity index (χ0n) is 11.2. The third-order valence-corrected chi connectivity index (χ3v) is 3.45. The number of carbonyl (C=O) groups is 1. The van der Waals surface area contributed by atoms with Gasteiger partial charge in [0.15, 0.2) is 5.82 Å². The molecule has 0 unspecified atom stereocenters. The quantitative estimate of drug-likeness (QED) is 0.739. The average Bonchev–Trinajstić information content (AvgIpc) is 2.27. The van der Waals surface area contributed by atoms with E-state index in [1.54, 1.807) is 6.20 Å². The molecule has 18 heavy (non-hydrogen) atoms. The summed E-state index contributed by atoms with van der Waals surface area (Å²) in [4.78, 5) is 20.8. The van der Waals surface area contributed by atoms with Gasteiger partial charge < -0.3 is 9.80 Å². The normalized spacial score (nSPS) is 15.6. The molecule has 1 aromatic heterocycles. The maximum absolute atomic E-state index is 12.5. The molecule has 2 heterocycles. The minimum absolute atomic E-state index is 0.136. The highest BCUT2D eigenvalue weighted by atomic mass is 79.9. The molecule has 5 heteroatoms. The predicted octanol–water partition coefficient (Wildman–Crippen LogP) is 2.67. The summed E-state index contributed by atoms with van der Waals surface area (Å²) in [6.07, 6.45) is 1.76. The van der Waals surface area contributed by atoms with Crippen molar-refractivity contribution in [3.8, 4) is 0 Å². The van der Waals surface area contributed by atoms with Gasteiger partial charge in [-0.1, -0.05) is 20.8 Å². The van der Waals surface area contributed by atoms with Gasteiger partial charge >= 0.3 is 0 Å². The third kappa shape index (κ3) is 2.36. The van der Waals surface area contributed by atoms with Gasteiger partial charge in [0, 0.05) is 36.2 Å². The minimum atomic E-state index is -0.379. The highest BCUT2D eigenvalue weighted by Gasteiger charge is 2.32. The number of anilines is 2. The van der Waals surface area contributed by atoms with E-state index in [0.29, 0.717) is 6.54 Å². The number of amides is 1. The summed E-state index contributed by atoms with van der Waals surface area (Å²) in [5.41, 5.74) is 0.508. The number of hydrogen-bond acceptors (Lipinski definition) is 3. The zero-order chi connectivity index (χ0) is 13.5. The second-order valence-corrected chi connectivity index (χ2v) is 6.54. The van der Waals surface area contributed by atoms with Crippen molar-refractivity contribution < 1.29 is 4.79 Å². The van der Waals surface area contributed by atoms with Crippen molar-refractivity contribution in [1.29, 1.82) is 0 Å². The van der Waals surface area contributed by atoms with Gasteiger partial charge in [0.1, 0.15) is 0 Å². The summed E-state index contributed by atoms with van der Waals surface area (Å²) in [7, 11) is 2.00. The lowest BCUT2D eigenvalue weighted by atomic mass is 9.94. The fourth-order valence-electron chi connectivity index (χ4n) is 2.01. The van der Waals surface area contributed by atoms with Crippen LogP contribution in [-0.4, -0.2) is 31.0 Å². The lowest BCUT2D eigenvalue weighted by Crippen LogP contribution is -2.47. The first-order valence-corrected chi connectivity index (χ1v) is 6.78.